The van der Waals surface area contributed by atoms with Gasteiger partial charge in [-0.25, -0.2) is 4.39 Å². The number of amides is 2. The number of hydrogen-bond acceptors (Lipinski definition) is 4. The summed E-state index contributed by atoms with van der Waals surface area (Å²) >= 11 is 19.1. The molecule has 2 aromatic carbocycles. The Labute approximate surface area is 190 Å². The minimum Gasteiger partial charge on any atom is -0.457 e. The first-order chi connectivity index (χ1) is 14.3. The lowest BCUT2D eigenvalue weighted by atomic mass is 10.2. The van der Waals surface area contributed by atoms with Crippen LogP contribution in [0.5, 0.6) is 0 Å². The predicted octanol–water partition coefficient (Wildman–Crippen LogP) is 7.28. The van der Waals surface area contributed by atoms with Crippen LogP contribution in [0, 0.1) is 5.82 Å². The van der Waals surface area contributed by atoms with Gasteiger partial charge in [0.1, 0.15) is 17.3 Å². The molecule has 1 aliphatic rings. The molecule has 0 N–H and O–H groups in total. The molecule has 1 aliphatic heterocycles. The average Bonchev–Trinajstić information content (AvgIpc) is 3.26. The zero-order valence-electron chi connectivity index (χ0n) is 15.0. The Kier molecular flexibility index (Phi) is 5.93. The Morgan fingerprint density at radius 2 is 1.83 bits per heavy atom. The smallest absolute Gasteiger partial charge is 0.293 e. The summed E-state index contributed by atoms with van der Waals surface area (Å²) in [7, 11) is 0. The monoisotopic (exact) mass is 481 g/mol. The molecule has 30 heavy (non-hydrogen) atoms. The Bertz CT molecular complexity index is 1210. The van der Waals surface area contributed by atoms with Crippen LogP contribution in [0.2, 0.25) is 15.1 Å². The fourth-order valence-corrected chi connectivity index (χ4v) is 4.29. The molecule has 4 nitrogen and oxygen atoms in total. The van der Waals surface area contributed by atoms with E-state index in [1.165, 1.54) is 18.2 Å². The van der Waals surface area contributed by atoms with Gasteiger partial charge in [0.25, 0.3) is 11.1 Å². The van der Waals surface area contributed by atoms with E-state index in [9.17, 15) is 14.0 Å². The number of hydrogen-bond donors (Lipinski definition) is 0. The molecular weight excluding hydrogens is 472 g/mol. The quantitative estimate of drug-likeness (QED) is 0.367. The molecule has 0 radical (unpaired) electrons. The van der Waals surface area contributed by atoms with E-state index in [1.54, 1.807) is 30.3 Å². The number of furan rings is 1. The molecule has 2 amide bonds. The highest BCUT2D eigenvalue weighted by atomic mass is 35.5. The maximum absolute atomic E-state index is 13.2. The molecule has 1 fully saturated rings. The van der Waals surface area contributed by atoms with Crippen LogP contribution in [-0.2, 0) is 11.3 Å². The van der Waals surface area contributed by atoms with Crippen molar-refractivity contribution in [3.8, 4) is 11.3 Å². The second-order valence-corrected chi connectivity index (χ2v) is 8.49. The third-order valence-corrected chi connectivity index (χ3v) is 6.41. The van der Waals surface area contributed by atoms with E-state index < -0.39 is 17.0 Å². The number of benzene rings is 2. The lowest BCUT2D eigenvalue weighted by Crippen LogP contribution is -2.27. The van der Waals surface area contributed by atoms with Crippen molar-refractivity contribution < 1.29 is 18.4 Å². The highest BCUT2D eigenvalue weighted by molar-refractivity contribution is 8.18. The molecule has 3 aromatic rings. The maximum atomic E-state index is 13.2. The van der Waals surface area contributed by atoms with Gasteiger partial charge < -0.3 is 4.42 Å². The number of nitrogens with zero attached hydrogens (tertiary/aromatic N) is 1. The largest absolute Gasteiger partial charge is 0.457 e. The third kappa shape index (κ3) is 4.14. The standard InChI is InChI=1S/C21H11Cl3FNO3S/c22-15-3-1-2-14(19(15)24)17-7-6-13(29-17)9-18-20(27)26(21(28)30-18)10-11-4-5-12(25)8-16(11)23/h1-9H,10H2/b18-9+. The molecule has 0 unspecified atom stereocenters. The minimum atomic E-state index is -0.494. The zero-order valence-corrected chi connectivity index (χ0v) is 18.1. The maximum Gasteiger partial charge on any atom is 0.293 e. The van der Waals surface area contributed by atoms with E-state index in [1.807, 2.05) is 0 Å². The van der Waals surface area contributed by atoms with Crippen molar-refractivity contribution in [1.82, 2.24) is 4.90 Å². The predicted molar refractivity (Wildman–Crippen MR) is 117 cm³/mol. The molecule has 4 rings (SSSR count). The molecule has 0 spiro atoms. The van der Waals surface area contributed by atoms with E-state index >= 15 is 0 Å². The van der Waals surface area contributed by atoms with Crippen molar-refractivity contribution in [2.24, 2.45) is 0 Å². The normalized spacial score (nSPS) is 15.5. The van der Waals surface area contributed by atoms with Gasteiger partial charge in [-0.05, 0) is 53.7 Å². The first kappa shape index (κ1) is 21.0. The highest BCUT2D eigenvalue weighted by Crippen LogP contribution is 2.37. The molecule has 0 aliphatic carbocycles. The van der Waals surface area contributed by atoms with Crippen molar-refractivity contribution in [2.75, 3.05) is 0 Å². The molecular formula is C21H11Cl3FNO3S. The van der Waals surface area contributed by atoms with Gasteiger partial charge in [0.2, 0.25) is 0 Å². The van der Waals surface area contributed by atoms with Crippen LogP contribution < -0.4 is 0 Å². The molecule has 1 aromatic heterocycles. The lowest BCUT2D eigenvalue weighted by Gasteiger charge is -2.13. The minimum absolute atomic E-state index is 0.0529. The summed E-state index contributed by atoms with van der Waals surface area (Å²) in [5.41, 5.74) is 1.08. The summed E-state index contributed by atoms with van der Waals surface area (Å²) < 4.78 is 19.0. The van der Waals surface area contributed by atoms with Gasteiger partial charge in [-0.15, -0.1) is 0 Å². The van der Waals surface area contributed by atoms with Gasteiger partial charge in [-0.2, -0.15) is 0 Å². The van der Waals surface area contributed by atoms with Crippen molar-refractivity contribution in [2.45, 2.75) is 6.54 Å². The number of thioether (sulfide) groups is 1. The van der Waals surface area contributed by atoms with Crippen LogP contribution in [-0.4, -0.2) is 16.0 Å². The molecule has 2 heterocycles. The number of imide groups is 1. The molecule has 9 heteroatoms. The van der Waals surface area contributed by atoms with Crippen LogP contribution in [0.25, 0.3) is 17.4 Å². The Balaban J connectivity index is 1.57. The van der Waals surface area contributed by atoms with Gasteiger partial charge in [0, 0.05) is 16.7 Å². The average molecular weight is 483 g/mol. The number of carbonyl (C=O) groups excluding carboxylic acids is 2. The Hall–Kier alpha value is -2.25. The van der Waals surface area contributed by atoms with E-state index in [0.29, 0.717) is 32.7 Å². The van der Waals surface area contributed by atoms with Crippen molar-refractivity contribution in [1.29, 1.82) is 0 Å². The molecule has 0 atom stereocenters. The topological polar surface area (TPSA) is 50.5 Å². The summed E-state index contributed by atoms with van der Waals surface area (Å²) in [5.74, 6) is -0.118. The van der Waals surface area contributed by atoms with Gasteiger partial charge >= 0.3 is 0 Å². The second-order valence-electron chi connectivity index (χ2n) is 6.31. The van der Waals surface area contributed by atoms with Gasteiger partial charge in [0.05, 0.1) is 21.5 Å². The highest BCUT2D eigenvalue weighted by Gasteiger charge is 2.35. The molecule has 1 saturated heterocycles. The van der Waals surface area contributed by atoms with Crippen LogP contribution in [0.4, 0.5) is 9.18 Å². The summed E-state index contributed by atoms with van der Waals surface area (Å²) in [4.78, 5) is 26.3. The third-order valence-electron chi connectivity index (χ3n) is 4.33. The SMILES string of the molecule is O=C1S/C(=C/c2ccc(-c3cccc(Cl)c3Cl)o2)C(=O)N1Cc1ccc(F)cc1Cl. The summed E-state index contributed by atoms with van der Waals surface area (Å²) in [6, 6.07) is 12.3. The molecule has 152 valence electrons. The van der Waals surface area contributed by atoms with Crippen molar-refractivity contribution >= 4 is 63.8 Å². The first-order valence-electron chi connectivity index (χ1n) is 8.57. The second kappa shape index (κ2) is 8.47. The summed E-state index contributed by atoms with van der Waals surface area (Å²) in [6.45, 7) is -0.0529. The van der Waals surface area contributed by atoms with E-state index in [4.69, 9.17) is 39.2 Å². The molecule has 0 saturated carbocycles. The van der Waals surface area contributed by atoms with E-state index in [-0.39, 0.29) is 16.5 Å². The van der Waals surface area contributed by atoms with Gasteiger partial charge in [-0.1, -0.05) is 46.9 Å². The lowest BCUT2D eigenvalue weighted by molar-refractivity contribution is -0.123. The van der Waals surface area contributed by atoms with Crippen molar-refractivity contribution in [3.05, 3.63) is 85.6 Å². The zero-order chi connectivity index (χ0) is 21.4. The van der Waals surface area contributed by atoms with Gasteiger partial charge in [-0.3, -0.25) is 14.5 Å². The van der Waals surface area contributed by atoms with E-state index in [0.717, 1.165) is 22.7 Å². The number of rotatable bonds is 4. The number of halogens is 4. The Morgan fingerprint density at radius 1 is 1.03 bits per heavy atom. The fraction of sp³-hybridized carbons (Fsp3) is 0.0476. The van der Waals surface area contributed by atoms with Crippen LogP contribution >= 0.6 is 46.6 Å². The van der Waals surface area contributed by atoms with E-state index in [2.05, 4.69) is 0 Å². The van der Waals surface area contributed by atoms with Crippen LogP contribution in [0.3, 0.4) is 0 Å². The van der Waals surface area contributed by atoms with Crippen molar-refractivity contribution in [3.63, 3.8) is 0 Å². The number of carbonyl (C=O) groups is 2. The van der Waals surface area contributed by atoms with Crippen LogP contribution in [0.15, 0.2) is 57.9 Å². The summed E-state index contributed by atoms with van der Waals surface area (Å²) in [5, 5.41) is 0.452. The fourth-order valence-electron chi connectivity index (χ4n) is 2.86. The summed E-state index contributed by atoms with van der Waals surface area (Å²) in [6.07, 6.45) is 1.49. The van der Waals surface area contributed by atoms with Gasteiger partial charge in [0.15, 0.2) is 0 Å². The first-order valence-corrected chi connectivity index (χ1v) is 10.5. The Morgan fingerprint density at radius 3 is 2.60 bits per heavy atom. The van der Waals surface area contributed by atoms with Crippen LogP contribution in [0.1, 0.15) is 11.3 Å². The molecule has 0 bridgehead atoms.